The summed E-state index contributed by atoms with van der Waals surface area (Å²) in [6.07, 6.45) is 6.40. The van der Waals surface area contributed by atoms with Crippen molar-refractivity contribution in [2.75, 3.05) is 44.2 Å². The molecule has 5 rings (SSSR count). The number of nitrogens with zero attached hydrogens (tertiary/aromatic N) is 3. The fraction of sp³-hybridized carbons (Fsp3) is 0.600. The minimum absolute atomic E-state index is 0.185. The van der Waals surface area contributed by atoms with E-state index in [-0.39, 0.29) is 18.5 Å². The number of esters is 2. The van der Waals surface area contributed by atoms with E-state index >= 15 is 0 Å². The van der Waals surface area contributed by atoms with Crippen molar-refractivity contribution >= 4 is 29.4 Å². The minimum Gasteiger partial charge on any atom is -0.488 e. The number of imide groups is 1. The van der Waals surface area contributed by atoms with E-state index in [2.05, 4.69) is 9.80 Å². The summed E-state index contributed by atoms with van der Waals surface area (Å²) in [6, 6.07) is 4.72. The number of likely N-dealkylation sites (tertiary alicyclic amines) is 1. The van der Waals surface area contributed by atoms with E-state index in [0.29, 0.717) is 26.1 Å². The molecular weight excluding hydrogens is 533 g/mol. The van der Waals surface area contributed by atoms with E-state index in [4.69, 9.17) is 14.2 Å². The second-order valence-electron chi connectivity index (χ2n) is 11.2. The SMILES string of the molecule is CC(=O)OC1C=CC(OC(C)=O)C2C(=O)N(CCCN3CCN(c4cc(F)ccc4OC4CCCC4)CC3)C(=O)C12. The molecular formula is C30H38FN3O7. The van der Waals surface area contributed by atoms with Crippen LogP contribution < -0.4 is 9.64 Å². The molecule has 3 fully saturated rings. The lowest BCUT2D eigenvalue weighted by Gasteiger charge is -2.37. The molecule has 1 aromatic rings. The maximum absolute atomic E-state index is 14.1. The molecule has 2 aliphatic carbocycles. The zero-order valence-corrected chi connectivity index (χ0v) is 23.6. The molecule has 2 saturated heterocycles. The molecule has 4 unspecified atom stereocenters. The highest BCUT2D eigenvalue weighted by atomic mass is 19.1. The molecule has 222 valence electrons. The highest BCUT2D eigenvalue weighted by Gasteiger charge is 2.56. The van der Waals surface area contributed by atoms with Gasteiger partial charge in [0.25, 0.3) is 0 Å². The molecule has 41 heavy (non-hydrogen) atoms. The smallest absolute Gasteiger partial charge is 0.303 e. The molecule has 0 N–H and O–H groups in total. The summed E-state index contributed by atoms with van der Waals surface area (Å²) in [7, 11) is 0. The van der Waals surface area contributed by atoms with Crippen LogP contribution in [0.1, 0.15) is 46.0 Å². The predicted octanol–water partition coefficient (Wildman–Crippen LogP) is 2.69. The second kappa shape index (κ2) is 12.6. The van der Waals surface area contributed by atoms with Crippen molar-refractivity contribution in [3.63, 3.8) is 0 Å². The Labute approximate surface area is 239 Å². The standard InChI is InChI=1S/C30H38FN3O7/c1-19(35)39-25-10-11-26(40-20(2)36)28-27(25)29(37)34(30(28)38)13-5-12-32-14-16-33(17-15-32)23-18-21(31)8-9-24(23)41-22-6-3-4-7-22/h8-11,18,22,25-28H,3-7,12-17H2,1-2H3. The number of piperazine rings is 1. The van der Waals surface area contributed by atoms with Gasteiger partial charge < -0.3 is 19.1 Å². The Morgan fingerprint density at radius 3 is 2.02 bits per heavy atom. The van der Waals surface area contributed by atoms with E-state index in [1.54, 1.807) is 12.1 Å². The molecule has 0 bridgehead atoms. The van der Waals surface area contributed by atoms with Crippen molar-refractivity contribution in [2.45, 2.75) is 64.3 Å². The largest absolute Gasteiger partial charge is 0.488 e. The number of halogens is 1. The maximum atomic E-state index is 14.1. The van der Waals surface area contributed by atoms with Gasteiger partial charge in [-0.2, -0.15) is 0 Å². The molecule has 0 aromatic heterocycles. The third kappa shape index (κ3) is 6.55. The molecule has 2 amide bonds. The lowest BCUT2D eigenvalue weighted by atomic mass is 9.81. The summed E-state index contributed by atoms with van der Waals surface area (Å²) in [5.74, 6) is -3.35. The third-order valence-corrected chi connectivity index (χ3v) is 8.38. The first-order valence-electron chi connectivity index (χ1n) is 14.5. The summed E-state index contributed by atoms with van der Waals surface area (Å²) in [6.45, 7) is 6.29. The van der Waals surface area contributed by atoms with E-state index in [9.17, 15) is 23.6 Å². The van der Waals surface area contributed by atoms with Crippen LogP contribution in [0.15, 0.2) is 30.4 Å². The highest BCUT2D eigenvalue weighted by Crippen LogP contribution is 2.39. The Bertz CT molecular complexity index is 1150. The fourth-order valence-corrected chi connectivity index (χ4v) is 6.44. The number of carbonyl (C=O) groups is 4. The number of ether oxygens (including phenoxy) is 3. The van der Waals surface area contributed by atoms with Crippen LogP contribution in [-0.2, 0) is 28.7 Å². The third-order valence-electron chi connectivity index (χ3n) is 8.38. The number of hydrogen-bond donors (Lipinski definition) is 0. The van der Waals surface area contributed by atoms with Gasteiger partial charge in [-0.3, -0.25) is 29.0 Å². The number of anilines is 1. The van der Waals surface area contributed by atoms with Crippen LogP contribution in [0.25, 0.3) is 0 Å². The van der Waals surface area contributed by atoms with Gasteiger partial charge in [0.05, 0.1) is 23.6 Å². The molecule has 4 aliphatic rings. The van der Waals surface area contributed by atoms with E-state index in [1.807, 2.05) is 0 Å². The predicted molar refractivity (Wildman–Crippen MR) is 147 cm³/mol. The number of benzene rings is 1. The number of fused-ring (bicyclic) bond motifs is 1. The summed E-state index contributed by atoms with van der Waals surface area (Å²) in [5, 5.41) is 0. The zero-order valence-electron chi connectivity index (χ0n) is 23.6. The van der Waals surface area contributed by atoms with Gasteiger partial charge in [-0.1, -0.05) is 0 Å². The van der Waals surface area contributed by atoms with Crippen LogP contribution in [0.5, 0.6) is 5.75 Å². The van der Waals surface area contributed by atoms with Gasteiger partial charge in [-0.15, -0.1) is 0 Å². The lowest BCUT2D eigenvalue weighted by molar-refractivity contribution is -0.157. The van der Waals surface area contributed by atoms with Gasteiger partial charge in [0, 0.05) is 52.6 Å². The average Bonchev–Trinajstić information content (AvgIpc) is 3.53. The fourth-order valence-electron chi connectivity index (χ4n) is 6.44. The van der Waals surface area contributed by atoms with Crippen LogP contribution in [-0.4, -0.2) is 91.1 Å². The Morgan fingerprint density at radius 2 is 1.46 bits per heavy atom. The summed E-state index contributed by atoms with van der Waals surface area (Å²) in [4.78, 5) is 55.5. The van der Waals surface area contributed by atoms with Gasteiger partial charge in [0.15, 0.2) is 0 Å². The Hall–Kier alpha value is -3.47. The summed E-state index contributed by atoms with van der Waals surface area (Å²) in [5.41, 5.74) is 0.783. The molecule has 10 nitrogen and oxygen atoms in total. The Morgan fingerprint density at radius 1 is 0.878 bits per heavy atom. The average molecular weight is 572 g/mol. The van der Waals surface area contributed by atoms with Gasteiger partial charge in [0.1, 0.15) is 23.8 Å². The molecule has 1 saturated carbocycles. The maximum Gasteiger partial charge on any atom is 0.303 e. The van der Waals surface area contributed by atoms with Gasteiger partial charge in [0.2, 0.25) is 11.8 Å². The van der Waals surface area contributed by atoms with E-state index < -0.39 is 47.8 Å². The zero-order chi connectivity index (χ0) is 29.1. The monoisotopic (exact) mass is 571 g/mol. The molecule has 4 atom stereocenters. The highest BCUT2D eigenvalue weighted by molar-refractivity contribution is 6.06. The second-order valence-corrected chi connectivity index (χ2v) is 11.2. The van der Waals surface area contributed by atoms with Crippen LogP contribution >= 0.6 is 0 Å². The van der Waals surface area contributed by atoms with Crippen molar-refractivity contribution in [3.8, 4) is 5.75 Å². The first-order valence-corrected chi connectivity index (χ1v) is 14.5. The molecule has 2 heterocycles. The van der Waals surface area contributed by atoms with E-state index in [0.717, 1.165) is 50.2 Å². The van der Waals surface area contributed by atoms with Crippen molar-refractivity contribution in [1.82, 2.24) is 9.80 Å². The first-order chi connectivity index (χ1) is 19.7. The quantitative estimate of drug-likeness (QED) is 0.251. The summed E-state index contributed by atoms with van der Waals surface area (Å²) < 4.78 is 31.0. The first kappa shape index (κ1) is 29.0. The topological polar surface area (TPSA) is 106 Å². The van der Waals surface area contributed by atoms with E-state index in [1.165, 1.54) is 37.0 Å². The van der Waals surface area contributed by atoms with Crippen LogP contribution in [0.4, 0.5) is 10.1 Å². The van der Waals surface area contributed by atoms with Crippen molar-refractivity contribution in [1.29, 1.82) is 0 Å². The number of rotatable bonds is 9. The van der Waals surface area contributed by atoms with Gasteiger partial charge in [-0.05, 0) is 62.9 Å². The molecule has 2 aliphatic heterocycles. The van der Waals surface area contributed by atoms with Crippen LogP contribution in [0.2, 0.25) is 0 Å². The van der Waals surface area contributed by atoms with Crippen molar-refractivity contribution in [3.05, 3.63) is 36.2 Å². The van der Waals surface area contributed by atoms with Gasteiger partial charge in [-0.25, -0.2) is 4.39 Å². The van der Waals surface area contributed by atoms with Crippen molar-refractivity contribution < 1.29 is 37.8 Å². The lowest BCUT2D eigenvalue weighted by Crippen LogP contribution is -2.47. The number of amides is 2. The number of carbonyl (C=O) groups excluding carboxylic acids is 4. The Balaban J connectivity index is 1.16. The van der Waals surface area contributed by atoms with Crippen molar-refractivity contribution in [2.24, 2.45) is 11.8 Å². The Kier molecular flexibility index (Phi) is 8.91. The molecule has 1 aromatic carbocycles. The van der Waals surface area contributed by atoms with Crippen LogP contribution in [0.3, 0.4) is 0 Å². The normalized spacial score (nSPS) is 26.8. The van der Waals surface area contributed by atoms with Crippen LogP contribution in [0, 0.1) is 17.7 Å². The molecule has 0 spiro atoms. The molecule has 11 heteroatoms. The van der Waals surface area contributed by atoms with Gasteiger partial charge >= 0.3 is 11.9 Å². The molecule has 0 radical (unpaired) electrons. The summed E-state index contributed by atoms with van der Waals surface area (Å²) >= 11 is 0. The number of hydrogen-bond acceptors (Lipinski definition) is 9. The minimum atomic E-state index is -0.920.